The Morgan fingerprint density at radius 1 is 1.42 bits per heavy atom. The van der Waals surface area contributed by atoms with Crippen molar-refractivity contribution < 1.29 is 9.90 Å². The third-order valence-corrected chi connectivity index (χ3v) is 3.96. The lowest BCUT2D eigenvalue weighted by molar-refractivity contribution is 0.0156. The van der Waals surface area contributed by atoms with Gasteiger partial charge < -0.3 is 10.0 Å². The highest BCUT2D eigenvalue weighted by molar-refractivity contribution is 6.34. The van der Waals surface area contributed by atoms with Crippen LogP contribution in [0.15, 0.2) is 12.1 Å². The second-order valence-electron chi connectivity index (χ2n) is 5.07. The number of aliphatic hydroxyl groups is 1. The second-order valence-corrected chi connectivity index (χ2v) is 5.81. The van der Waals surface area contributed by atoms with Gasteiger partial charge in [0.25, 0.3) is 5.91 Å². The third-order valence-electron chi connectivity index (χ3n) is 3.46. The second kappa shape index (κ2) is 5.65. The van der Waals surface area contributed by atoms with E-state index in [0.29, 0.717) is 12.1 Å². The number of hydrogen-bond acceptors (Lipinski definition) is 3. The van der Waals surface area contributed by atoms with Gasteiger partial charge in [0.1, 0.15) is 10.3 Å². The molecule has 1 fully saturated rings. The SMILES string of the molecule is CN(CC1(O)CCCC1)C(=O)c1ccc(Cl)nc1Cl. The Balaban J connectivity index is 2.10. The van der Waals surface area contributed by atoms with E-state index in [1.807, 2.05) is 0 Å². The van der Waals surface area contributed by atoms with Crippen molar-refractivity contribution in [1.82, 2.24) is 9.88 Å². The van der Waals surface area contributed by atoms with Crippen LogP contribution in [0.4, 0.5) is 0 Å². The molecular formula is C13H16Cl2N2O2. The van der Waals surface area contributed by atoms with Crippen LogP contribution in [0.25, 0.3) is 0 Å². The Morgan fingerprint density at radius 2 is 2.05 bits per heavy atom. The predicted molar refractivity (Wildman–Crippen MR) is 74.6 cm³/mol. The summed E-state index contributed by atoms with van der Waals surface area (Å²) in [5, 5.41) is 10.6. The minimum Gasteiger partial charge on any atom is -0.388 e. The Bertz CT molecular complexity index is 488. The summed E-state index contributed by atoms with van der Waals surface area (Å²) in [5.74, 6) is -0.255. The van der Waals surface area contributed by atoms with Gasteiger partial charge in [-0.25, -0.2) is 4.98 Å². The molecule has 0 unspecified atom stereocenters. The number of likely N-dealkylation sites (N-methyl/N-ethyl adjacent to an activating group) is 1. The molecule has 4 nitrogen and oxygen atoms in total. The Labute approximate surface area is 122 Å². The Kier molecular flexibility index (Phi) is 4.33. The van der Waals surface area contributed by atoms with Crippen molar-refractivity contribution in [2.24, 2.45) is 0 Å². The third kappa shape index (κ3) is 3.38. The molecule has 0 bridgehead atoms. The van der Waals surface area contributed by atoms with Crippen molar-refractivity contribution in [3.63, 3.8) is 0 Å². The van der Waals surface area contributed by atoms with Gasteiger partial charge >= 0.3 is 0 Å². The Hall–Kier alpha value is -0.840. The van der Waals surface area contributed by atoms with Crippen LogP contribution < -0.4 is 0 Å². The molecule has 6 heteroatoms. The fraction of sp³-hybridized carbons (Fsp3) is 0.538. The fourth-order valence-electron chi connectivity index (χ4n) is 2.48. The number of halogens is 2. The van der Waals surface area contributed by atoms with Crippen molar-refractivity contribution >= 4 is 29.1 Å². The maximum absolute atomic E-state index is 12.3. The quantitative estimate of drug-likeness (QED) is 0.874. The summed E-state index contributed by atoms with van der Waals surface area (Å²) in [6.45, 7) is 0.310. The molecule has 104 valence electrons. The molecule has 1 aliphatic carbocycles. The smallest absolute Gasteiger partial charge is 0.256 e. The van der Waals surface area contributed by atoms with Gasteiger partial charge in [0, 0.05) is 13.6 Å². The van der Waals surface area contributed by atoms with Crippen LogP contribution in [0.5, 0.6) is 0 Å². The van der Waals surface area contributed by atoms with Crippen LogP contribution in [0.2, 0.25) is 10.3 Å². The van der Waals surface area contributed by atoms with Gasteiger partial charge in [-0.05, 0) is 25.0 Å². The molecule has 0 aliphatic heterocycles. The number of amides is 1. The topological polar surface area (TPSA) is 53.4 Å². The van der Waals surface area contributed by atoms with E-state index in [1.54, 1.807) is 13.1 Å². The summed E-state index contributed by atoms with van der Waals surface area (Å²) in [5.41, 5.74) is -0.466. The molecule has 0 atom stereocenters. The number of rotatable bonds is 3. The molecule has 19 heavy (non-hydrogen) atoms. The molecule has 0 saturated heterocycles. The number of carbonyl (C=O) groups is 1. The first-order valence-corrected chi connectivity index (χ1v) is 6.97. The van der Waals surface area contributed by atoms with E-state index in [9.17, 15) is 9.90 Å². The molecular weight excluding hydrogens is 287 g/mol. The molecule has 1 heterocycles. The van der Waals surface area contributed by atoms with Crippen molar-refractivity contribution in [2.75, 3.05) is 13.6 Å². The highest BCUT2D eigenvalue weighted by atomic mass is 35.5. The molecule has 1 amide bonds. The zero-order chi connectivity index (χ0) is 14.0. The predicted octanol–water partition coefficient (Wildman–Crippen LogP) is 2.77. The van der Waals surface area contributed by atoms with Gasteiger partial charge in [0.2, 0.25) is 0 Å². The summed E-state index contributed by atoms with van der Waals surface area (Å²) < 4.78 is 0. The summed E-state index contributed by atoms with van der Waals surface area (Å²) in [7, 11) is 1.66. The van der Waals surface area contributed by atoms with E-state index >= 15 is 0 Å². The zero-order valence-corrected chi connectivity index (χ0v) is 12.2. The lowest BCUT2D eigenvalue weighted by Crippen LogP contribution is -2.42. The van der Waals surface area contributed by atoms with Crippen LogP contribution >= 0.6 is 23.2 Å². The summed E-state index contributed by atoms with van der Waals surface area (Å²) in [4.78, 5) is 17.6. The van der Waals surface area contributed by atoms with Crippen molar-refractivity contribution in [3.8, 4) is 0 Å². The molecule has 0 aromatic carbocycles. The minimum absolute atomic E-state index is 0.0859. The molecule has 1 N–H and O–H groups in total. The van der Waals surface area contributed by atoms with Crippen LogP contribution in [0, 0.1) is 0 Å². The van der Waals surface area contributed by atoms with Gasteiger partial charge in [-0.3, -0.25) is 4.79 Å². The number of nitrogens with zero attached hydrogens (tertiary/aromatic N) is 2. The van der Waals surface area contributed by atoms with E-state index in [-0.39, 0.29) is 16.2 Å². The van der Waals surface area contributed by atoms with E-state index in [0.717, 1.165) is 25.7 Å². The highest BCUT2D eigenvalue weighted by Gasteiger charge is 2.33. The molecule has 0 radical (unpaired) electrons. The molecule has 1 aromatic rings. The summed E-state index contributed by atoms with van der Waals surface area (Å²) in [6.07, 6.45) is 3.47. The van der Waals surface area contributed by atoms with Crippen molar-refractivity contribution in [3.05, 3.63) is 28.0 Å². The normalized spacial score (nSPS) is 17.5. The molecule has 1 aliphatic rings. The van der Waals surface area contributed by atoms with E-state index in [2.05, 4.69) is 4.98 Å². The maximum atomic E-state index is 12.3. The van der Waals surface area contributed by atoms with Crippen LogP contribution in [0.3, 0.4) is 0 Å². The summed E-state index contributed by atoms with van der Waals surface area (Å²) >= 11 is 11.6. The molecule has 1 saturated carbocycles. The van der Waals surface area contributed by atoms with Gasteiger partial charge in [-0.15, -0.1) is 0 Å². The van der Waals surface area contributed by atoms with Gasteiger partial charge in [0.15, 0.2) is 0 Å². The lowest BCUT2D eigenvalue weighted by Gasteiger charge is -2.28. The maximum Gasteiger partial charge on any atom is 0.256 e. The average molecular weight is 303 g/mol. The zero-order valence-electron chi connectivity index (χ0n) is 10.7. The first-order chi connectivity index (χ1) is 8.91. The molecule has 0 spiro atoms. The van der Waals surface area contributed by atoms with E-state index < -0.39 is 5.60 Å². The minimum atomic E-state index is -0.767. The number of carbonyl (C=O) groups excluding carboxylic acids is 1. The first-order valence-electron chi connectivity index (χ1n) is 6.21. The van der Waals surface area contributed by atoms with Crippen LogP contribution in [-0.4, -0.2) is 40.1 Å². The standard InChI is InChI=1S/C13H16Cl2N2O2/c1-17(8-13(19)6-2-3-7-13)12(18)9-4-5-10(14)16-11(9)15/h4-5,19H,2-3,6-8H2,1H3. The van der Waals surface area contributed by atoms with E-state index in [4.69, 9.17) is 23.2 Å². The van der Waals surface area contributed by atoms with Gasteiger partial charge in [0.05, 0.1) is 11.2 Å². The largest absolute Gasteiger partial charge is 0.388 e. The molecule has 1 aromatic heterocycles. The van der Waals surface area contributed by atoms with Gasteiger partial charge in [-0.2, -0.15) is 0 Å². The fourth-order valence-corrected chi connectivity index (χ4v) is 2.91. The number of aromatic nitrogens is 1. The van der Waals surface area contributed by atoms with Crippen molar-refractivity contribution in [1.29, 1.82) is 0 Å². The Morgan fingerprint density at radius 3 is 2.63 bits per heavy atom. The highest BCUT2D eigenvalue weighted by Crippen LogP contribution is 2.30. The lowest BCUT2D eigenvalue weighted by atomic mass is 10.0. The van der Waals surface area contributed by atoms with Crippen LogP contribution in [-0.2, 0) is 0 Å². The van der Waals surface area contributed by atoms with Crippen molar-refractivity contribution in [2.45, 2.75) is 31.3 Å². The molecule has 2 rings (SSSR count). The number of hydrogen-bond donors (Lipinski definition) is 1. The van der Waals surface area contributed by atoms with E-state index in [1.165, 1.54) is 11.0 Å². The van der Waals surface area contributed by atoms with Gasteiger partial charge in [-0.1, -0.05) is 36.0 Å². The summed E-state index contributed by atoms with van der Waals surface area (Å²) in [6, 6.07) is 3.08. The average Bonchev–Trinajstić information content (AvgIpc) is 2.75. The van der Waals surface area contributed by atoms with Crippen LogP contribution in [0.1, 0.15) is 36.0 Å². The monoisotopic (exact) mass is 302 g/mol. The number of pyridine rings is 1. The first kappa shape index (κ1) is 14.6.